The summed E-state index contributed by atoms with van der Waals surface area (Å²) in [6.45, 7) is 10.2. The molecule has 0 heterocycles. The number of primary amides is 1. The second-order valence-electron chi connectivity index (χ2n) is 3.02. The predicted octanol–water partition coefficient (Wildman–Crippen LogP) is 2.96. The van der Waals surface area contributed by atoms with Gasteiger partial charge in [0.15, 0.2) is 0 Å². The van der Waals surface area contributed by atoms with Gasteiger partial charge in [0.1, 0.15) is 0 Å². The molecule has 2 unspecified atom stereocenters. The van der Waals surface area contributed by atoms with Gasteiger partial charge in [0.25, 0.3) is 0 Å². The van der Waals surface area contributed by atoms with Crippen molar-refractivity contribution in [1.82, 2.24) is 0 Å². The highest BCUT2D eigenvalue weighted by atomic mass is 16.1. The molecule has 1 fully saturated rings. The van der Waals surface area contributed by atoms with Crippen molar-refractivity contribution in [3.63, 3.8) is 0 Å². The summed E-state index contributed by atoms with van der Waals surface area (Å²) >= 11 is 0. The summed E-state index contributed by atoms with van der Waals surface area (Å²) in [5, 5.41) is 0. The van der Waals surface area contributed by atoms with Gasteiger partial charge in [0.05, 0.1) is 0 Å². The minimum atomic E-state index is -0.112. The Bertz CT molecular complexity index is 123. The second-order valence-corrected chi connectivity index (χ2v) is 3.02. The Morgan fingerprint density at radius 1 is 1.15 bits per heavy atom. The minimum absolute atomic E-state index is 0.112. The molecule has 1 amide bonds. The van der Waals surface area contributed by atoms with Gasteiger partial charge in [-0.05, 0) is 25.2 Å². The van der Waals surface area contributed by atoms with E-state index >= 15 is 0 Å². The first-order valence-electron chi connectivity index (χ1n) is 5.49. The van der Waals surface area contributed by atoms with Gasteiger partial charge in [-0.2, -0.15) is 0 Å². The SMILES string of the molecule is CC.CC.CC1CCC(C(N)=O)C1. The maximum atomic E-state index is 10.6. The van der Waals surface area contributed by atoms with Crippen molar-refractivity contribution in [3.05, 3.63) is 0 Å². The van der Waals surface area contributed by atoms with Gasteiger partial charge >= 0.3 is 0 Å². The average Bonchev–Trinajstić information content (AvgIpc) is 2.59. The smallest absolute Gasteiger partial charge is 0.220 e. The van der Waals surface area contributed by atoms with E-state index in [1.54, 1.807) is 0 Å². The summed E-state index contributed by atoms with van der Waals surface area (Å²) in [6, 6.07) is 0. The Morgan fingerprint density at radius 3 is 1.77 bits per heavy atom. The summed E-state index contributed by atoms with van der Waals surface area (Å²) in [6.07, 6.45) is 3.19. The Kier molecular flexibility index (Phi) is 11.0. The molecule has 2 N–H and O–H groups in total. The molecule has 2 atom stereocenters. The Morgan fingerprint density at radius 2 is 1.62 bits per heavy atom. The van der Waals surface area contributed by atoms with Crippen molar-refractivity contribution in [1.29, 1.82) is 0 Å². The van der Waals surface area contributed by atoms with Crippen LogP contribution in [0, 0.1) is 11.8 Å². The molecule has 2 heteroatoms. The number of amides is 1. The molecule has 1 saturated carbocycles. The fraction of sp³-hybridized carbons (Fsp3) is 0.909. The lowest BCUT2D eigenvalue weighted by Gasteiger charge is -2.01. The number of carbonyl (C=O) groups excluding carboxylic acids is 1. The zero-order valence-corrected chi connectivity index (χ0v) is 9.76. The molecule has 0 radical (unpaired) electrons. The number of carbonyl (C=O) groups is 1. The van der Waals surface area contributed by atoms with Crippen molar-refractivity contribution in [2.24, 2.45) is 17.6 Å². The van der Waals surface area contributed by atoms with Crippen LogP contribution in [0.25, 0.3) is 0 Å². The highest BCUT2D eigenvalue weighted by molar-refractivity contribution is 5.76. The topological polar surface area (TPSA) is 43.1 Å². The lowest BCUT2D eigenvalue weighted by atomic mass is 10.1. The van der Waals surface area contributed by atoms with Crippen LogP contribution < -0.4 is 5.73 Å². The van der Waals surface area contributed by atoms with Crippen molar-refractivity contribution in [2.75, 3.05) is 0 Å². The van der Waals surface area contributed by atoms with Gasteiger partial charge in [0.2, 0.25) is 5.91 Å². The molecule has 13 heavy (non-hydrogen) atoms. The van der Waals surface area contributed by atoms with Gasteiger partial charge in [-0.15, -0.1) is 0 Å². The molecule has 0 saturated heterocycles. The third kappa shape index (κ3) is 6.62. The quantitative estimate of drug-likeness (QED) is 0.674. The largest absolute Gasteiger partial charge is 0.369 e. The Labute approximate surface area is 82.9 Å². The molecular formula is C11H25NO. The summed E-state index contributed by atoms with van der Waals surface area (Å²) in [5.74, 6) is 0.779. The molecule has 0 aromatic heterocycles. The van der Waals surface area contributed by atoms with E-state index in [0.29, 0.717) is 5.92 Å². The van der Waals surface area contributed by atoms with Crippen LogP contribution in [0.3, 0.4) is 0 Å². The van der Waals surface area contributed by atoms with Gasteiger partial charge in [-0.25, -0.2) is 0 Å². The van der Waals surface area contributed by atoms with E-state index < -0.39 is 0 Å². The monoisotopic (exact) mass is 187 g/mol. The molecule has 0 aromatic carbocycles. The molecule has 80 valence electrons. The maximum absolute atomic E-state index is 10.6. The highest BCUT2D eigenvalue weighted by Crippen LogP contribution is 2.29. The van der Waals surface area contributed by atoms with Crippen molar-refractivity contribution < 1.29 is 4.79 Å². The highest BCUT2D eigenvalue weighted by Gasteiger charge is 2.24. The zero-order chi connectivity index (χ0) is 10.9. The molecule has 2 nitrogen and oxygen atoms in total. The van der Waals surface area contributed by atoms with Crippen LogP contribution in [-0.4, -0.2) is 5.91 Å². The normalized spacial score (nSPS) is 25.0. The molecule has 1 rings (SSSR count). The van der Waals surface area contributed by atoms with Gasteiger partial charge in [0, 0.05) is 5.92 Å². The van der Waals surface area contributed by atoms with E-state index in [-0.39, 0.29) is 11.8 Å². The van der Waals surface area contributed by atoms with Crippen LogP contribution in [0.1, 0.15) is 53.9 Å². The third-order valence-electron chi connectivity index (χ3n) is 2.10. The molecule has 1 aliphatic carbocycles. The lowest BCUT2D eigenvalue weighted by Crippen LogP contribution is -2.20. The van der Waals surface area contributed by atoms with Gasteiger partial charge in [-0.3, -0.25) is 4.79 Å². The van der Waals surface area contributed by atoms with E-state index in [2.05, 4.69) is 6.92 Å². The van der Waals surface area contributed by atoms with Crippen LogP contribution >= 0.6 is 0 Å². The first-order valence-corrected chi connectivity index (χ1v) is 5.49. The van der Waals surface area contributed by atoms with Crippen LogP contribution in [-0.2, 0) is 4.79 Å². The first-order chi connectivity index (χ1) is 6.20. The zero-order valence-electron chi connectivity index (χ0n) is 9.76. The van der Waals surface area contributed by atoms with E-state index in [1.165, 1.54) is 6.42 Å². The Hall–Kier alpha value is -0.530. The molecule has 0 aliphatic heterocycles. The van der Waals surface area contributed by atoms with Crippen molar-refractivity contribution in [2.45, 2.75) is 53.9 Å². The number of rotatable bonds is 1. The third-order valence-corrected chi connectivity index (χ3v) is 2.10. The number of nitrogens with two attached hydrogens (primary N) is 1. The number of hydrogen-bond donors (Lipinski definition) is 1. The number of hydrogen-bond acceptors (Lipinski definition) is 1. The fourth-order valence-electron chi connectivity index (χ4n) is 1.47. The summed E-state index contributed by atoms with van der Waals surface area (Å²) < 4.78 is 0. The molecule has 1 aliphatic rings. The predicted molar refractivity (Wildman–Crippen MR) is 58.4 cm³/mol. The fourth-order valence-corrected chi connectivity index (χ4v) is 1.47. The summed E-state index contributed by atoms with van der Waals surface area (Å²) in [5.41, 5.74) is 5.12. The Balaban J connectivity index is 0. The van der Waals surface area contributed by atoms with Crippen LogP contribution in [0.4, 0.5) is 0 Å². The van der Waals surface area contributed by atoms with Crippen molar-refractivity contribution in [3.8, 4) is 0 Å². The van der Waals surface area contributed by atoms with Crippen LogP contribution in [0.15, 0.2) is 0 Å². The van der Waals surface area contributed by atoms with Gasteiger partial charge < -0.3 is 5.73 Å². The first kappa shape index (κ1) is 15.0. The summed E-state index contributed by atoms with van der Waals surface area (Å²) in [4.78, 5) is 10.6. The van der Waals surface area contributed by atoms with Crippen molar-refractivity contribution >= 4 is 5.91 Å². The van der Waals surface area contributed by atoms with E-state index in [1.807, 2.05) is 27.7 Å². The van der Waals surface area contributed by atoms with E-state index in [0.717, 1.165) is 12.8 Å². The van der Waals surface area contributed by atoms with E-state index in [9.17, 15) is 4.79 Å². The minimum Gasteiger partial charge on any atom is -0.369 e. The maximum Gasteiger partial charge on any atom is 0.220 e. The lowest BCUT2D eigenvalue weighted by molar-refractivity contribution is -0.121. The molecule has 0 spiro atoms. The van der Waals surface area contributed by atoms with Crippen LogP contribution in [0.5, 0.6) is 0 Å². The molecule has 0 aromatic rings. The standard InChI is InChI=1S/C7H13NO.2C2H6/c1-5-2-3-6(4-5)7(8)9;2*1-2/h5-6H,2-4H2,1H3,(H2,8,9);2*1-2H3. The summed E-state index contributed by atoms with van der Waals surface area (Å²) in [7, 11) is 0. The van der Waals surface area contributed by atoms with E-state index in [4.69, 9.17) is 5.73 Å². The molecular weight excluding hydrogens is 162 g/mol. The molecule has 0 bridgehead atoms. The van der Waals surface area contributed by atoms with Gasteiger partial charge in [-0.1, -0.05) is 34.6 Å². The average molecular weight is 187 g/mol. The second kappa shape index (κ2) is 9.56. The van der Waals surface area contributed by atoms with Crippen LogP contribution in [0.2, 0.25) is 0 Å².